The topological polar surface area (TPSA) is 72.2 Å². The van der Waals surface area contributed by atoms with Gasteiger partial charge in [0.2, 0.25) is 0 Å². The van der Waals surface area contributed by atoms with Crippen LogP contribution in [0.5, 0.6) is 0 Å². The highest BCUT2D eigenvalue weighted by molar-refractivity contribution is 9.11. The van der Waals surface area contributed by atoms with Crippen molar-refractivity contribution in [2.75, 3.05) is 10.5 Å². The van der Waals surface area contributed by atoms with Gasteiger partial charge in [-0.3, -0.25) is 4.72 Å². The van der Waals surface area contributed by atoms with Crippen LogP contribution < -0.4 is 10.5 Å². The third-order valence-corrected chi connectivity index (χ3v) is 5.53. The van der Waals surface area contributed by atoms with E-state index < -0.39 is 10.0 Å². The average Bonchev–Trinajstić information content (AvgIpc) is 2.34. The molecule has 0 aliphatic heterocycles. The van der Waals surface area contributed by atoms with Crippen LogP contribution in [0.25, 0.3) is 0 Å². The van der Waals surface area contributed by atoms with Gasteiger partial charge in [-0.05, 0) is 56.1 Å². The number of anilines is 2. The van der Waals surface area contributed by atoms with Gasteiger partial charge in [0.25, 0.3) is 10.0 Å². The first-order chi connectivity index (χ1) is 9.31. The lowest BCUT2D eigenvalue weighted by Crippen LogP contribution is -2.14. The molecular weight excluding hydrogens is 431 g/mol. The van der Waals surface area contributed by atoms with Gasteiger partial charge in [-0.2, -0.15) is 0 Å². The normalized spacial score (nSPS) is 11.3. The Bertz CT molecular complexity index is 743. The minimum Gasteiger partial charge on any atom is -0.399 e. The molecule has 0 amide bonds. The Labute approximate surface area is 138 Å². The lowest BCUT2D eigenvalue weighted by molar-refractivity contribution is 0.601. The Morgan fingerprint density at radius 3 is 2.20 bits per heavy atom. The van der Waals surface area contributed by atoms with Crippen molar-refractivity contribution in [3.8, 4) is 0 Å². The number of hydrogen-bond donors (Lipinski definition) is 2. The van der Waals surface area contributed by atoms with Crippen LogP contribution in [0.15, 0.2) is 50.2 Å². The van der Waals surface area contributed by atoms with Gasteiger partial charge < -0.3 is 5.73 Å². The molecule has 0 atom stereocenters. The van der Waals surface area contributed by atoms with Crippen molar-refractivity contribution in [1.82, 2.24) is 0 Å². The molecule has 2 aromatic rings. The summed E-state index contributed by atoms with van der Waals surface area (Å²) in [6, 6.07) is 9.43. The van der Waals surface area contributed by atoms with Gasteiger partial charge in [0, 0.05) is 14.6 Å². The smallest absolute Gasteiger partial charge is 0.263 e. The summed E-state index contributed by atoms with van der Waals surface area (Å²) in [6.45, 7) is 0. The Morgan fingerprint density at radius 1 is 1.10 bits per heavy atom. The molecule has 0 fully saturated rings. The molecule has 4 nitrogen and oxygen atoms in total. The SMILES string of the molecule is Nc1cc(Br)c(NS(=O)(=O)c2ccccc2Cl)c(Br)c1. The number of rotatable bonds is 3. The third-order valence-electron chi connectivity index (χ3n) is 2.43. The van der Waals surface area contributed by atoms with E-state index >= 15 is 0 Å². The first-order valence-electron chi connectivity index (χ1n) is 5.33. The number of nitrogens with one attached hydrogen (secondary N) is 1. The van der Waals surface area contributed by atoms with Crippen LogP contribution in [0.3, 0.4) is 0 Å². The van der Waals surface area contributed by atoms with Gasteiger partial charge in [0.1, 0.15) is 4.90 Å². The number of nitrogens with two attached hydrogens (primary N) is 1. The van der Waals surface area contributed by atoms with Gasteiger partial charge >= 0.3 is 0 Å². The summed E-state index contributed by atoms with van der Waals surface area (Å²) in [5.74, 6) is 0. The molecule has 0 heterocycles. The summed E-state index contributed by atoms with van der Waals surface area (Å²) < 4.78 is 28.2. The summed E-state index contributed by atoms with van der Waals surface area (Å²) in [7, 11) is -3.78. The second-order valence-electron chi connectivity index (χ2n) is 3.90. The van der Waals surface area contributed by atoms with Crippen molar-refractivity contribution in [3.63, 3.8) is 0 Å². The molecule has 0 spiro atoms. The van der Waals surface area contributed by atoms with E-state index in [1.165, 1.54) is 12.1 Å². The van der Waals surface area contributed by atoms with E-state index in [0.717, 1.165) is 0 Å². The Kier molecular flexibility index (Phi) is 4.63. The fourth-order valence-corrected chi connectivity index (χ4v) is 4.85. The minimum absolute atomic E-state index is 0.0114. The number of halogens is 3. The van der Waals surface area contributed by atoms with Crippen LogP contribution in [-0.4, -0.2) is 8.42 Å². The highest BCUT2D eigenvalue weighted by Crippen LogP contribution is 2.35. The minimum atomic E-state index is -3.78. The standard InChI is InChI=1S/C12H9Br2ClN2O2S/c13-8-5-7(16)6-9(14)12(8)17-20(18,19)11-4-2-1-3-10(11)15/h1-6,17H,16H2. The zero-order chi connectivity index (χ0) is 14.9. The van der Waals surface area contributed by atoms with E-state index in [4.69, 9.17) is 17.3 Å². The van der Waals surface area contributed by atoms with Crippen molar-refractivity contribution in [1.29, 1.82) is 0 Å². The summed E-state index contributed by atoms with van der Waals surface area (Å²) in [5.41, 5.74) is 6.53. The first-order valence-corrected chi connectivity index (χ1v) is 8.78. The summed E-state index contributed by atoms with van der Waals surface area (Å²) in [4.78, 5) is 0.0114. The molecule has 0 saturated heterocycles. The molecule has 20 heavy (non-hydrogen) atoms. The maximum absolute atomic E-state index is 12.3. The van der Waals surface area contributed by atoms with Crippen molar-refractivity contribution in [3.05, 3.63) is 50.4 Å². The van der Waals surface area contributed by atoms with Gasteiger partial charge in [0.05, 0.1) is 10.7 Å². The third kappa shape index (κ3) is 3.28. The van der Waals surface area contributed by atoms with Crippen LogP contribution in [0, 0.1) is 0 Å². The monoisotopic (exact) mass is 438 g/mol. The van der Waals surface area contributed by atoms with E-state index in [9.17, 15) is 8.42 Å². The van der Waals surface area contributed by atoms with Crippen LogP contribution >= 0.6 is 43.5 Å². The van der Waals surface area contributed by atoms with Crippen molar-refractivity contribution >= 4 is 64.9 Å². The zero-order valence-electron chi connectivity index (χ0n) is 9.90. The molecule has 8 heteroatoms. The Morgan fingerprint density at radius 2 is 1.65 bits per heavy atom. The van der Waals surface area contributed by atoms with E-state index in [0.29, 0.717) is 20.3 Å². The fraction of sp³-hybridized carbons (Fsp3) is 0. The first kappa shape index (κ1) is 15.6. The molecule has 0 radical (unpaired) electrons. The van der Waals surface area contributed by atoms with E-state index in [2.05, 4.69) is 36.6 Å². The van der Waals surface area contributed by atoms with Crippen LogP contribution in [0.1, 0.15) is 0 Å². The number of benzene rings is 2. The average molecular weight is 441 g/mol. The second kappa shape index (κ2) is 5.93. The molecule has 0 aromatic heterocycles. The molecule has 2 rings (SSSR count). The Hall–Kier alpha value is -0.760. The predicted molar refractivity (Wildman–Crippen MR) is 88.5 cm³/mol. The van der Waals surface area contributed by atoms with Crippen molar-refractivity contribution in [2.24, 2.45) is 0 Å². The van der Waals surface area contributed by atoms with Gasteiger partial charge in [-0.1, -0.05) is 23.7 Å². The van der Waals surface area contributed by atoms with E-state index in [-0.39, 0.29) is 9.92 Å². The van der Waals surface area contributed by atoms with E-state index in [1.807, 2.05) is 0 Å². The summed E-state index contributed by atoms with van der Waals surface area (Å²) in [5, 5.41) is 0.155. The van der Waals surface area contributed by atoms with E-state index in [1.54, 1.807) is 24.3 Å². The Balaban J connectivity index is 2.47. The quantitative estimate of drug-likeness (QED) is 0.701. The highest BCUT2D eigenvalue weighted by atomic mass is 79.9. The van der Waals surface area contributed by atoms with Crippen LogP contribution in [0.2, 0.25) is 5.02 Å². The molecule has 0 bridgehead atoms. The largest absolute Gasteiger partial charge is 0.399 e. The summed E-state index contributed by atoms with van der Waals surface area (Å²) in [6.07, 6.45) is 0. The van der Waals surface area contributed by atoms with Gasteiger partial charge in [0.15, 0.2) is 0 Å². The van der Waals surface area contributed by atoms with Gasteiger partial charge in [-0.25, -0.2) is 8.42 Å². The predicted octanol–water partition coefficient (Wildman–Crippen LogP) is 4.25. The summed E-state index contributed by atoms with van der Waals surface area (Å²) >= 11 is 12.5. The molecule has 0 aliphatic carbocycles. The molecule has 106 valence electrons. The lowest BCUT2D eigenvalue weighted by atomic mass is 10.3. The highest BCUT2D eigenvalue weighted by Gasteiger charge is 2.20. The maximum atomic E-state index is 12.3. The maximum Gasteiger partial charge on any atom is 0.263 e. The van der Waals surface area contributed by atoms with Crippen molar-refractivity contribution < 1.29 is 8.42 Å². The number of nitrogen functional groups attached to an aromatic ring is 1. The fourth-order valence-electron chi connectivity index (χ4n) is 1.54. The molecule has 0 saturated carbocycles. The molecular formula is C12H9Br2ClN2O2S. The molecule has 2 aromatic carbocycles. The van der Waals surface area contributed by atoms with Crippen molar-refractivity contribution in [2.45, 2.75) is 4.90 Å². The van der Waals surface area contributed by atoms with Crippen LogP contribution in [0.4, 0.5) is 11.4 Å². The molecule has 3 N–H and O–H groups in total. The molecule has 0 aliphatic rings. The lowest BCUT2D eigenvalue weighted by Gasteiger charge is -2.13. The number of hydrogen-bond acceptors (Lipinski definition) is 3. The zero-order valence-corrected chi connectivity index (χ0v) is 14.6. The van der Waals surface area contributed by atoms with Gasteiger partial charge in [-0.15, -0.1) is 0 Å². The molecule has 0 unspecified atom stereocenters. The second-order valence-corrected chi connectivity index (χ2v) is 7.66. The number of sulfonamides is 1. The van der Waals surface area contributed by atoms with Crippen LogP contribution in [-0.2, 0) is 10.0 Å².